The summed E-state index contributed by atoms with van der Waals surface area (Å²) < 4.78 is 12.1. The molecule has 2 aromatic rings. The van der Waals surface area contributed by atoms with Gasteiger partial charge in [0.05, 0.1) is 6.26 Å². The molecule has 0 saturated carbocycles. The number of furan rings is 1. The zero-order chi connectivity index (χ0) is 14.2. The first kappa shape index (κ1) is 14.3. The van der Waals surface area contributed by atoms with Gasteiger partial charge in [-0.3, -0.25) is 4.79 Å². The van der Waals surface area contributed by atoms with E-state index in [2.05, 4.69) is 15.4 Å². The topological polar surface area (TPSA) is 82.2 Å². The van der Waals surface area contributed by atoms with Gasteiger partial charge in [0.25, 0.3) is 0 Å². The van der Waals surface area contributed by atoms with Crippen LogP contribution < -0.4 is 5.32 Å². The fourth-order valence-electron chi connectivity index (χ4n) is 1.64. The van der Waals surface area contributed by atoms with Gasteiger partial charge in [-0.1, -0.05) is 0 Å². The SMILES string of the molecule is C[C@H](C(=O)NCCCOCc1ccco1)n1cncn1. The van der Waals surface area contributed by atoms with Crippen molar-refractivity contribution >= 4 is 5.91 Å². The van der Waals surface area contributed by atoms with Crippen molar-refractivity contribution in [2.45, 2.75) is 26.0 Å². The summed E-state index contributed by atoms with van der Waals surface area (Å²) >= 11 is 0. The third kappa shape index (κ3) is 4.20. The lowest BCUT2D eigenvalue weighted by atomic mass is 10.3. The standard InChI is InChI=1S/C13H18N4O3/c1-11(17-10-14-9-16-17)13(18)15-5-3-6-19-8-12-4-2-7-20-12/h2,4,7,9-11H,3,5-6,8H2,1H3,(H,15,18)/t11-/m1/s1. The van der Waals surface area contributed by atoms with Crippen LogP contribution in [0.3, 0.4) is 0 Å². The first-order valence-electron chi connectivity index (χ1n) is 6.49. The highest BCUT2D eigenvalue weighted by Gasteiger charge is 2.14. The fourth-order valence-corrected chi connectivity index (χ4v) is 1.64. The first-order valence-corrected chi connectivity index (χ1v) is 6.49. The lowest BCUT2D eigenvalue weighted by Gasteiger charge is -2.11. The second-order valence-electron chi connectivity index (χ2n) is 4.33. The van der Waals surface area contributed by atoms with E-state index in [0.717, 1.165) is 12.2 Å². The van der Waals surface area contributed by atoms with Crippen molar-refractivity contribution in [2.24, 2.45) is 0 Å². The van der Waals surface area contributed by atoms with E-state index < -0.39 is 0 Å². The molecule has 1 N–H and O–H groups in total. The predicted molar refractivity (Wildman–Crippen MR) is 70.7 cm³/mol. The van der Waals surface area contributed by atoms with Gasteiger partial charge in [-0.2, -0.15) is 5.10 Å². The summed E-state index contributed by atoms with van der Waals surface area (Å²) in [7, 11) is 0. The van der Waals surface area contributed by atoms with Gasteiger partial charge in [-0.05, 0) is 25.5 Å². The largest absolute Gasteiger partial charge is 0.467 e. The minimum atomic E-state index is -0.360. The van der Waals surface area contributed by atoms with Crippen LogP contribution in [-0.2, 0) is 16.1 Å². The van der Waals surface area contributed by atoms with Crippen LogP contribution in [0, 0.1) is 0 Å². The maximum atomic E-state index is 11.8. The molecule has 0 unspecified atom stereocenters. The van der Waals surface area contributed by atoms with Crippen LogP contribution in [0.4, 0.5) is 0 Å². The second-order valence-corrected chi connectivity index (χ2v) is 4.33. The predicted octanol–water partition coefficient (Wildman–Crippen LogP) is 1.16. The maximum Gasteiger partial charge on any atom is 0.244 e. The quantitative estimate of drug-likeness (QED) is 0.733. The molecule has 0 bridgehead atoms. The van der Waals surface area contributed by atoms with E-state index in [1.165, 1.54) is 17.3 Å². The summed E-state index contributed by atoms with van der Waals surface area (Å²) in [4.78, 5) is 15.6. The number of hydrogen-bond donors (Lipinski definition) is 1. The Morgan fingerprint density at radius 2 is 2.50 bits per heavy atom. The van der Waals surface area contributed by atoms with Crippen LogP contribution in [-0.4, -0.2) is 33.8 Å². The van der Waals surface area contributed by atoms with Crippen LogP contribution in [0.15, 0.2) is 35.5 Å². The summed E-state index contributed by atoms with van der Waals surface area (Å²) in [6.45, 7) is 3.36. The molecular formula is C13H18N4O3. The van der Waals surface area contributed by atoms with Crippen molar-refractivity contribution in [2.75, 3.05) is 13.2 Å². The Hall–Kier alpha value is -2.15. The van der Waals surface area contributed by atoms with Gasteiger partial charge in [0.15, 0.2) is 0 Å². The molecule has 0 fully saturated rings. The average Bonchev–Trinajstić information content (AvgIpc) is 3.13. The lowest BCUT2D eigenvalue weighted by molar-refractivity contribution is -0.124. The number of nitrogens with one attached hydrogen (secondary N) is 1. The summed E-state index contributed by atoms with van der Waals surface area (Å²) in [5, 5.41) is 6.77. The molecule has 2 aromatic heterocycles. The number of ether oxygens (including phenoxy) is 1. The lowest BCUT2D eigenvalue weighted by Crippen LogP contribution is -2.32. The van der Waals surface area contributed by atoms with E-state index >= 15 is 0 Å². The molecule has 7 nitrogen and oxygen atoms in total. The van der Waals surface area contributed by atoms with Gasteiger partial charge in [0.1, 0.15) is 31.1 Å². The van der Waals surface area contributed by atoms with Crippen LogP contribution in [0.2, 0.25) is 0 Å². The van der Waals surface area contributed by atoms with Gasteiger partial charge in [0.2, 0.25) is 5.91 Å². The molecule has 0 spiro atoms. The van der Waals surface area contributed by atoms with E-state index in [-0.39, 0.29) is 11.9 Å². The highest BCUT2D eigenvalue weighted by Crippen LogP contribution is 2.03. The van der Waals surface area contributed by atoms with Gasteiger partial charge >= 0.3 is 0 Å². The summed E-state index contributed by atoms with van der Waals surface area (Å²) in [6.07, 6.45) is 5.30. The van der Waals surface area contributed by atoms with E-state index in [9.17, 15) is 4.79 Å². The molecular weight excluding hydrogens is 260 g/mol. The van der Waals surface area contributed by atoms with Crippen LogP contribution in [0.1, 0.15) is 25.1 Å². The molecule has 2 heterocycles. The highest BCUT2D eigenvalue weighted by atomic mass is 16.5. The molecule has 20 heavy (non-hydrogen) atoms. The van der Waals surface area contributed by atoms with Crippen molar-refractivity contribution in [1.29, 1.82) is 0 Å². The fraction of sp³-hybridized carbons (Fsp3) is 0.462. The Morgan fingerprint density at radius 3 is 3.20 bits per heavy atom. The molecule has 0 aromatic carbocycles. The van der Waals surface area contributed by atoms with E-state index in [1.807, 2.05) is 12.1 Å². The van der Waals surface area contributed by atoms with Crippen molar-refractivity contribution in [3.05, 3.63) is 36.8 Å². The van der Waals surface area contributed by atoms with Crippen molar-refractivity contribution in [1.82, 2.24) is 20.1 Å². The molecule has 7 heteroatoms. The Kier molecular flexibility index (Phi) is 5.31. The summed E-state index contributed by atoms with van der Waals surface area (Å²) in [6, 6.07) is 3.33. The van der Waals surface area contributed by atoms with E-state index in [0.29, 0.717) is 19.8 Å². The molecule has 1 atom stereocenters. The Morgan fingerprint density at radius 1 is 1.60 bits per heavy atom. The Labute approximate surface area is 116 Å². The Bertz CT molecular complexity index is 496. The summed E-state index contributed by atoms with van der Waals surface area (Å²) in [5.74, 6) is 0.718. The van der Waals surface area contributed by atoms with E-state index in [4.69, 9.17) is 9.15 Å². The number of amides is 1. The van der Waals surface area contributed by atoms with Crippen LogP contribution in [0.5, 0.6) is 0 Å². The van der Waals surface area contributed by atoms with Gasteiger partial charge in [-0.15, -0.1) is 0 Å². The number of nitrogens with zero attached hydrogens (tertiary/aromatic N) is 3. The number of aromatic nitrogens is 3. The average molecular weight is 278 g/mol. The molecule has 0 aliphatic rings. The first-order chi connectivity index (χ1) is 9.77. The number of hydrogen-bond acceptors (Lipinski definition) is 5. The molecule has 2 rings (SSSR count). The van der Waals surface area contributed by atoms with Crippen molar-refractivity contribution < 1.29 is 13.9 Å². The van der Waals surface area contributed by atoms with Crippen molar-refractivity contribution in [3.63, 3.8) is 0 Å². The number of carbonyl (C=O) groups is 1. The number of carbonyl (C=O) groups excluding carboxylic acids is 1. The molecule has 108 valence electrons. The molecule has 0 aliphatic heterocycles. The number of rotatable bonds is 8. The van der Waals surface area contributed by atoms with Crippen molar-refractivity contribution in [3.8, 4) is 0 Å². The molecule has 0 saturated heterocycles. The highest BCUT2D eigenvalue weighted by molar-refractivity contribution is 5.79. The summed E-state index contributed by atoms with van der Waals surface area (Å²) in [5.41, 5.74) is 0. The third-order valence-corrected chi connectivity index (χ3v) is 2.80. The molecule has 0 radical (unpaired) electrons. The molecule has 1 amide bonds. The minimum Gasteiger partial charge on any atom is -0.467 e. The monoisotopic (exact) mass is 278 g/mol. The van der Waals surface area contributed by atoms with E-state index in [1.54, 1.807) is 13.2 Å². The smallest absolute Gasteiger partial charge is 0.244 e. The second kappa shape index (κ2) is 7.44. The van der Waals surface area contributed by atoms with Crippen LogP contribution in [0.25, 0.3) is 0 Å². The zero-order valence-corrected chi connectivity index (χ0v) is 11.4. The molecule has 0 aliphatic carbocycles. The normalized spacial score (nSPS) is 12.2. The maximum absolute atomic E-state index is 11.8. The minimum absolute atomic E-state index is 0.0819. The van der Waals surface area contributed by atoms with Gasteiger partial charge < -0.3 is 14.5 Å². The zero-order valence-electron chi connectivity index (χ0n) is 11.4. The van der Waals surface area contributed by atoms with Gasteiger partial charge in [-0.25, -0.2) is 9.67 Å². The van der Waals surface area contributed by atoms with Gasteiger partial charge in [0, 0.05) is 13.2 Å². The third-order valence-electron chi connectivity index (χ3n) is 2.80. The van der Waals surface area contributed by atoms with Crippen LogP contribution >= 0.6 is 0 Å². The Balaban J connectivity index is 1.55.